The van der Waals surface area contributed by atoms with Gasteiger partial charge >= 0.3 is 0 Å². The molecule has 0 unspecified atom stereocenters. The van der Waals surface area contributed by atoms with Crippen molar-refractivity contribution in [3.63, 3.8) is 0 Å². The fourth-order valence-electron chi connectivity index (χ4n) is 3.62. The summed E-state index contributed by atoms with van der Waals surface area (Å²) in [5.74, 6) is 0.130. The Balaban J connectivity index is 1.97. The van der Waals surface area contributed by atoms with Gasteiger partial charge in [0.25, 0.3) is 5.91 Å². The predicted octanol–water partition coefficient (Wildman–Crippen LogP) is 3.50. The number of nitrogens with one attached hydrogen (secondary N) is 2. The van der Waals surface area contributed by atoms with Gasteiger partial charge in [0, 0.05) is 18.8 Å². The smallest absolute Gasteiger partial charge is 0.253 e. The Hall–Kier alpha value is -1.88. The van der Waals surface area contributed by atoms with Crippen molar-refractivity contribution in [1.82, 2.24) is 15.5 Å². The summed E-state index contributed by atoms with van der Waals surface area (Å²) in [4.78, 5) is 15.3. The Bertz CT molecular complexity index is 718. The molecule has 1 amide bonds. The quantitative estimate of drug-likeness (QED) is 0.795. The summed E-state index contributed by atoms with van der Waals surface area (Å²) in [7, 11) is 0. The number of benzene rings is 1. The first kappa shape index (κ1) is 17.9. The average Bonchev–Trinajstić information content (AvgIpc) is 2.85. The minimum Gasteiger partial charge on any atom is -0.351 e. The lowest BCUT2D eigenvalue weighted by molar-refractivity contribution is -0.127. The molecule has 0 bridgehead atoms. The Labute approximate surface area is 155 Å². The number of hydrogen-bond donors (Lipinski definition) is 2. The van der Waals surface area contributed by atoms with E-state index in [4.69, 9.17) is 12.2 Å². The number of allylic oxidation sites excluding steroid dienone is 1. The standard InChI is InChI=1S/C20H27N3OS/c1-13-8-9-16(12-14(13)2)18-17(15(3)21-20(25)22-18)19(24)23-10-6-4-5-7-11-23/h8-9,12,18H,4-7,10-11H2,1-3H3,(H2,21,22,25)/t18-/m0/s1. The first-order valence-electron chi connectivity index (χ1n) is 9.12. The van der Waals surface area contributed by atoms with Gasteiger partial charge in [0.05, 0.1) is 11.6 Å². The SMILES string of the molecule is CC1=C(C(=O)N2CCCCCC2)[C@H](c2ccc(C)c(C)c2)NC(=S)N1. The lowest BCUT2D eigenvalue weighted by Gasteiger charge is -2.33. The van der Waals surface area contributed by atoms with Crippen LogP contribution in [0.1, 0.15) is 55.3 Å². The average molecular weight is 358 g/mol. The molecule has 5 heteroatoms. The number of rotatable bonds is 2. The van der Waals surface area contributed by atoms with Gasteiger partial charge in [-0.2, -0.15) is 0 Å². The molecule has 134 valence electrons. The molecule has 1 saturated heterocycles. The number of hydrogen-bond acceptors (Lipinski definition) is 2. The maximum atomic E-state index is 13.3. The molecule has 1 aromatic carbocycles. The van der Waals surface area contributed by atoms with Gasteiger partial charge in [0.2, 0.25) is 0 Å². The summed E-state index contributed by atoms with van der Waals surface area (Å²) in [6.45, 7) is 7.85. The van der Waals surface area contributed by atoms with Crippen molar-refractivity contribution in [2.24, 2.45) is 0 Å². The van der Waals surface area contributed by atoms with Crippen molar-refractivity contribution >= 4 is 23.2 Å². The van der Waals surface area contributed by atoms with Gasteiger partial charge in [0.1, 0.15) is 0 Å². The van der Waals surface area contributed by atoms with Crippen molar-refractivity contribution in [3.05, 3.63) is 46.2 Å². The zero-order chi connectivity index (χ0) is 18.0. The lowest BCUT2D eigenvalue weighted by atomic mass is 9.92. The number of carbonyl (C=O) groups is 1. The molecule has 1 fully saturated rings. The van der Waals surface area contributed by atoms with Gasteiger partial charge in [-0.05, 0) is 62.5 Å². The molecule has 0 spiro atoms. The first-order chi connectivity index (χ1) is 12.0. The molecule has 2 aliphatic rings. The molecule has 1 aromatic rings. The number of amides is 1. The second kappa shape index (κ2) is 7.56. The third kappa shape index (κ3) is 3.87. The van der Waals surface area contributed by atoms with Crippen LogP contribution < -0.4 is 10.6 Å². The number of thiocarbonyl (C=S) groups is 1. The van der Waals surface area contributed by atoms with Crippen molar-refractivity contribution < 1.29 is 4.79 Å². The van der Waals surface area contributed by atoms with E-state index in [1.54, 1.807) is 0 Å². The molecule has 3 rings (SSSR count). The van der Waals surface area contributed by atoms with Crippen molar-refractivity contribution in [1.29, 1.82) is 0 Å². The van der Waals surface area contributed by atoms with Crippen LogP contribution in [0.2, 0.25) is 0 Å². The molecule has 0 radical (unpaired) electrons. The number of carbonyl (C=O) groups excluding carboxylic acids is 1. The van der Waals surface area contributed by atoms with Crippen LogP contribution in [0.5, 0.6) is 0 Å². The van der Waals surface area contributed by atoms with E-state index >= 15 is 0 Å². The molecular formula is C20H27N3OS. The van der Waals surface area contributed by atoms with Gasteiger partial charge in [-0.15, -0.1) is 0 Å². The molecule has 0 saturated carbocycles. The highest BCUT2D eigenvalue weighted by Crippen LogP contribution is 2.30. The highest BCUT2D eigenvalue weighted by Gasteiger charge is 2.32. The number of aryl methyl sites for hydroxylation is 2. The van der Waals surface area contributed by atoms with Gasteiger partial charge in [-0.1, -0.05) is 31.0 Å². The molecule has 2 aliphatic heterocycles. The molecule has 25 heavy (non-hydrogen) atoms. The number of likely N-dealkylation sites (tertiary alicyclic amines) is 1. The summed E-state index contributed by atoms with van der Waals surface area (Å²) >= 11 is 5.35. The molecular weight excluding hydrogens is 330 g/mol. The molecule has 2 N–H and O–H groups in total. The third-order valence-electron chi connectivity index (χ3n) is 5.26. The van der Waals surface area contributed by atoms with Crippen LogP contribution in [0, 0.1) is 13.8 Å². The molecule has 2 heterocycles. The Morgan fingerprint density at radius 2 is 1.76 bits per heavy atom. The maximum Gasteiger partial charge on any atom is 0.253 e. The van der Waals surface area contributed by atoms with E-state index in [0.29, 0.717) is 5.11 Å². The van der Waals surface area contributed by atoms with E-state index in [1.165, 1.54) is 24.0 Å². The predicted molar refractivity (Wildman–Crippen MR) is 105 cm³/mol. The fraction of sp³-hybridized carbons (Fsp3) is 0.500. The van der Waals surface area contributed by atoms with Gasteiger partial charge in [0.15, 0.2) is 5.11 Å². The molecule has 0 aromatic heterocycles. The van der Waals surface area contributed by atoms with Crippen LogP contribution >= 0.6 is 12.2 Å². The molecule has 4 nitrogen and oxygen atoms in total. The fourth-order valence-corrected chi connectivity index (χ4v) is 3.89. The largest absolute Gasteiger partial charge is 0.351 e. The summed E-state index contributed by atoms with van der Waals surface area (Å²) < 4.78 is 0. The van der Waals surface area contributed by atoms with Crippen LogP contribution in [-0.2, 0) is 4.79 Å². The van der Waals surface area contributed by atoms with Crippen LogP contribution in [0.15, 0.2) is 29.5 Å². The highest BCUT2D eigenvalue weighted by molar-refractivity contribution is 7.80. The monoisotopic (exact) mass is 357 g/mol. The van der Waals surface area contributed by atoms with E-state index in [9.17, 15) is 4.79 Å². The topological polar surface area (TPSA) is 44.4 Å². The minimum absolute atomic E-state index is 0.130. The summed E-state index contributed by atoms with van der Waals surface area (Å²) in [5, 5.41) is 7.03. The normalized spacial score (nSPS) is 21.5. The zero-order valence-electron chi connectivity index (χ0n) is 15.3. The van der Waals surface area contributed by atoms with Gasteiger partial charge in [-0.25, -0.2) is 0 Å². The Morgan fingerprint density at radius 1 is 1.08 bits per heavy atom. The maximum absolute atomic E-state index is 13.3. The molecule has 0 aliphatic carbocycles. The van der Waals surface area contributed by atoms with Crippen molar-refractivity contribution in [2.45, 2.75) is 52.5 Å². The molecule has 1 atom stereocenters. The van der Waals surface area contributed by atoms with Crippen molar-refractivity contribution in [3.8, 4) is 0 Å². The lowest BCUT2D eigenvalue weighted by Crippen LogP contribution is -2.47. The number of nitrogens with zero attached hydrogens (tertiary/aromatic N) is 1. The van der Waals surface area contributed by atoms with Gasteiger partial charge < -0.3 is 15.5 Å². The van der Waals surface area contributed by atoms with Crippen LogP contribution in [-0.4, -0.2) is 29.0 Å². The van der Waals surface area contributed by atoms with E-state index in [2.05, 4.69) is 42.7 Å². The summed E-state index contributed by atoms with van der Waals surface area (Å²) in [5.41, 5.74) is 5.22. The van der Waals surface area contributed by atoms with E-state index in [1.807, 2.05) is 11.8 Å². The Morgan fingerprint density at radius 3 is 2.40 bits per heavy atom. The van der Waals surface area contributed by atoms with E-state index in [-0.39, 0.29) is 11.9 Å². The first-order valence-corrected chi connectivity index (χ1v) is 9.53. The van der Waals surface area contributed by atoms with Crippen LogP contribution in [0.3, 0.4) is 0 Å². The zero-order valence-corrected chi connectivity index (χ0v) is 16.1. The van der Waals surface area contributed by atoms with E-state index < -0.39 is 0 Å². The third-order valence-corrected chi connectivity index (χ3v) is 5.48. The van der Waals surface area contributed by atoms with Gasteiger partial charge in [-0.3, -0.25) is 4.79 Å². The minimum atomic E-state index is -0.191. The highest BCUT2D eigenvalue weighted by atomic mass is 32.1. The second-order valence-corrected chi connectivity index (χ2v) is 7.53. The van der Waals surface area contributed by atoms with E-state index in [0.717, 1.165) is 42.8 Å². The Kier molecular flexibility index (Phi) is 5.42. The summed E-state index contributed by atoms with van der Waals surface area (Å²) in [6.07, 6.45) is 4.60. The second-order valence-electron chi connectivity index (χ2n) is 7.12. The van der Waals surface area contributed by atoms with Crippen LogP contribution in [0.4, 0.5) is 0 Å². The van der Waals surface area contributed by atoms with Crippen LogP contribution in [0.25, 0.3) is 0 Å². The summed E-state index contributed by atoms with van der Waals surface area (Å²) in [6, 6.07) is 6.17. The van der Waals surface area contributed by atoms with Crippen molar-refractivity contribution in [2.75, 3.05) is 13.1 Å².